The number of urea groups is 1. The number of alkyl halides is 3. The molecule has 9 heteroatoms. The molecular weight excluding hydrogens is 313 g/mol. The molecule has 0 spiro atoms. The molecule has 2 amide bonds. The van der Waals surface area contributed by atoms with E-state index in [1.165, 1.54) is 24.5 Å². The standard InChI is InChI=1S/C14H13F3N4O2/c15-14(16,17)9-23-12-10(4-3-7-19-12)8-20-13(22)21-11-5-1-2-6-18-11/h1-7H,8-9H2,(H2,18,20,21,22). The van der Waals surface area contributed by atoms with E-state index in [1.807, 2.05) is 0 Å². The Morgan fingerprint density at radius 3 is 2.61 bits per heavy atom. The van der Waals surface area contributed by atoms with E-state index in [1.54, 1.807) is 18.2 Å². The summed E-state index contributed by atoms with van der Waals surface area (Å²) in [4.78, 5) is 19.4. The van der Waals surface area contributed by atoms with Crippen LogP contribution in [0.25, 0.3) is 0 Å². The monoisotopic (exact) mass is 326 g/mol. The van der Waals surface area contributed by atoms with Gasteiger partial charge in [0.1, 0.15) is 5.82 Å². The third kappa shape index (κ3) is 5.81. The molecule has 0 unspecified atom stereocenters. The number of anilines is 1. The lowest BCUT2D eigenvalue weighted by atomic mass is 10.2. The predicted molar refractivity (Wildman–Crippen MR) is 75.9 cm³/mol. The van der Waals surface area contributed by atoms with Gasteiger partial charge in [0.25, 0.3) is 0 Å². The average Bonchev–Trinajstić information content (AvgIpc) is 2.52. The van der Waals surface area contributed by atoms with Crippen LogP contribution in [0.15, 0.2) is 42.7 Å². The minimum Gasteiger partial charge on any atom is -0.468 e. The van der Waals surface area contributed by atoms with E-state index >= 15 is 0 Å². The van der Waals surface area contributed by atoms with Gasteiger partial charge in [0.05, 0.1) is 0 Å². The van der Waals surface area contributed by atoms with Crippen LogP contribution in [0.2, 0.25) is 0 Å². The second-order valence-corrected chi connectivity index (χ2v) is 4.39. The number of nitrogens with one attached hydrogen (secondary N) is 2. The van der Waals surface area contributed by atoms with E-state index in [0.29, 0.717) is 11.4 Å². The van der Waals surface area contributed by atoms with Crippen molar-refractivity contribution in [1.82, 2.24) is 15.3 Å². The van der Waals surface area contributed by atoms with Crippen molar-refractivity contribution in [3.63, 3.8) is 0 Å². The molecule has 0 aliphatic rings. The smallest absolute Gasteiger partial charge is 0.422 e. The Hall–Kier alpha value is -2.84. The summed E-state index contributed by atoms with van der Waals surface area (Å²) in [6, 6.07) is 7.50. The summed E-state index contributed by atoms with van der Waals surface area (Å²) in [5.74, 6) is 0.174. The van der Waals surface area contributed by atoms with Crippen LogP contribution in [0.1, 0.15) is 5.56 Å². The van der Waals surface area contributed by atoms with Gasteiger partial charge in [-0.15, -0.1) is 0 Å². The van der Waals surface area contributed by atoms with Crippen molar-refractivity contribution in [3.05, 3.63) is 48.3 Å². The third-order valence-electron chi connectivity index (χ3n) is 2.57. The van der Waals surface area contributed by atoms with Gasteiger partial charge in [-0.05, 0) is 18.2 Å². The molecule has 6 nitrogen and oxygen atoms in total. The number of pyridine rings is 2. The molecule has 0 bridgehead atoms. The van der Waals surface area contributed by atoms with Crippen LogP contribution in [0, 0.1) is 0 Å². The molecule has 0 radical (unpaired) electrons. The zero-order valence-electron chi connectivity index (χ0n) is 11.8. The molecule has 2 aromatic heterocycles. The largest absolute Gasteiger partial charge is 0.468 e. The van der Waals surface area contributed by atoms with Crippen LogP contribution in [-0.2, 0) is 6.54 Å². The predicted octanol–water partition coefficient (Wildman–Crippen LogP) is 2.74. The molecule has 0 saturated heterocycles. The van der Waals surface area contributed by atoms with Crippen molar-refractivity contribution in [3.8, 4) is 5.88 Å². The summed E-state index contributed by atoms with van der Waals surface area (Å²) in [6.07, 6.45) is -1.64. The van der Waals surface area contributed by atoms with Crippen LogP contribution < -0.4 is 15.4 Å². The lowest BCUT2D eigenvalue weighted by Gasteiger charge is -2.12. The first kappa shape index (κ1) is 16.5. The highest BCUT2D eigenvalue weighted by Gasteiger charge is 2.29. The SMILES string of the molecule is O=C(NCc1cccnc1OCC(F)(F)F)Nc1ccccn1. The first-order valence-electron chi connectivity index (χ1n) is 6.53. The van der Waals surface area contributed by atoms with Gasteiger partial charge in [-0.1, -0.05) is 12.1 Å². The van der Waals surface area contributed by atoms with Crippen molar-refractivity contribution in [2.24, 2.45) is 0 Å². The summed E-state index contributed by atoms with van der Waals surface area (Å²) in [5.41, 5.74) is 0.327. The summed E-state index contributed by atoms with van der Waals surface area (Å²) < 4.78 is 41.2. The number of amides is 2. The zero-order chi connectivity index (χ0) is 16.7. The molecular formula is C14H13F3N4O2. The van der Waals surface area contributed by atoms with Crippen molar-refractivity contribution in [2.75, 3.05) is 11.9 Å². The van der Waals surface area contributed by atoms with Crippen molar-refractivity contribution >= 4 is 11.8 Å². The van der Waals surface area contributed by atoms with Crippen LogP contribution in [0.4, 0.5) is 23.8 Å². The van der Waals surface area contributed by atoms with E-state index in [4.69, 9.17) is 0 Å². The van der Waals surface area contributed by atoms with E-state index in [-0.39, 0.29) is 12.4 Å². The fourth-order valence-electron chi connectivity index (χ4n) is 1.61. The summed E-state index contributed by atoms with van der Waals surface area (Å²) in [6.45, 7) is -1.49. The minimum atomic E-state index is -4.46. The first-order valence-corrected chi connectivity index (χ1v) is 6.53. The van der Waals surface area contributed by atoms with Crippen LogP contribution in [0.3, 0.4) is 0 Å². The molecule has 0 aromatic carbocycles. The molecule has 0 fully saturated rings. The fraction of sp³-hybridized carbons (Fsp3) is 0.214. The maximum Gasteiger partial charge on any atom is 0.422 e. The highest BCUT2D eigenvalue weighted by molar-refractivity contribution is 5.88. The molecule has 0 aliphatic carbocycles. The van der Waals surface area contributed by atoms with E-state index < -0.39 is 18.8 Å². The van der Waals surface area contributed by atoms with Gasteiger partial charge in [-0.2, -0.15) is 13.2 Å². The van der Waals surface area contributed by atoms with Crippen LogP contribution in [0.5, 0.6) is 5.88 Å². The second kappa shape index (κ2) is 7.43. The number of hydrogen-bond donors (Lipinski definition) is 2. The number of carbonyl (C=O) groups excluding carboxylic acids is 1. The molecule has 0 aliphatic heterocycles. The van der Waals surface area contributed by atoms with Gasteiger partial charge in [0, 0.05) is 24.5 Å². The number of nitrogens with zero attached hydrogens (tertiary/aromatic N) is 2. The molecule has 2 heterocycles. The van der Waals surface area contributed by atoms with Gasteiger partial charge in [-0.25, -0.2) is 14.8 Å². The van der Waals surface area contributed by atoms with Crippen molar-refractivity contribution < 1.29 is 22.7 Å². The number of aromatic nitrogens is 2. The lowest BCUT2D eigenvalue weighted by molar-refractivity contribution is -0.154. The number of ether oxygens (including phenoxy) is 1. The maximum absolute atomic E-state index is 12.2. The normalized spacial score (nSPS) is 10.9. The van der Waals surface area contributed by atoms with Gasteiger partial charge >= 0.3 is 12.2 Å². The van der Waals surface area contributed by atoms with Crippen molar-refractivity contribution in [1.29, 1.82) is 0 Å². The zero-order valence-corrected chi connectivity index (χ0v) is 11.8. The molecule has 2 rings (SSSR count). The van der Waals surface area contributed by atoms with Crippen LogP contribution in [-0.4, -0.2) is 28.8 Å². The second-order valence-electron chi connectivity index (χ2n) is 4.39. The Morgan fingerprint density at radius 2 is 1.91 bits per heavy atom. The van der Waals surface area contributed by atoms with E-state index in [2.05, 4.69) is 25.3 Å². The molecule has 0 atom stereocenters. The molecule has 0 saturated carbocycles. The Labute approximate surface area is 129 Å². The Bertz CT molecular complexity index is 650. The number of carbonyl (C=O) groups is 1. The first-order chi connectivity index (χ1) is 10.9. The topological polar surface area (TPSA) is 76.1 Å². The maximum atomic E-state index is 12.2. The molecule has 23 heavy (non-hydrogen) atoms. The number of rotatable bonds is 5. The highest BCUT2D eigenvalue weighted by Crippen LogP contribution is 2.19. The Kier molecular flexibility index (Phi) is 5.34. The third-order valence-corrected chi connectivity index (χ3v) is 2.57. The Morgan fingerprint density at radius 1 is 1.13 bits per heavy atom. The minimum absolute atomic E-state index is 0.0420. The quantitative estimate of drug-likeness (QED) is 0.886. The van der Waals surface area contributed by atoms with Gasteiger partial charge in [0.15, 0.2) is 6.61 Å². The lowest BCUT2D eigenvalue weighted by Crippen LogP contribution is -2.29. The number of halogens is 3. The summed E-state index contributed by atoms with van der Waals surface area (Å²) >= 11 is 0. The molecule has 2 aromatic rings. The van der Waals surface area contributed by atoms with Gasteiger partial charge in [-0.3, -0.25) is 5.32 Å². The molecule has 122 valence electrons. The van der Waals surface area contributed by atoms with E-state index in [9.17, 15) is 18.0 Å². The summed E-state index contributed by atoms with van der Waals surface area (Å²) in [5, 5.41) is 4.98. The summed E-state index contributed by atoms with van der Waals surface area (Å²) in [7, 11) is 0. The van der Waals surface area contributed by atoms with E-state index in [0.717, 1.165) is 0 Å². The Balaban J connectivity index is 1.91. The van der Waals surface area contributed by atoms with Gasteiger partial charge < -0.3 is 10.1 Å². The molecule has 2 N–H and O–H groups in total. The van der Waals surface area contributed by atoms with Crippen LogP contribution >= 0.6 is 0 Å². The van der Waals surface area contributed by atoms with Gasteiger partial charge in [0.2, 0.25) is 5.88 Å². The number of hydrogen-bond acceptors (Lipinski definition) is 4. The fourth-order valence-corrected chi connectivity index (χ4v) is 1.61. The average molecular weight is 326 g/mol. The highest BCUT2D eigenvalue weighted by atomic mass is 19.4. The van der Waals surface area contributed by atoms with Crippen molar-refractivity contribution in [2.45, 2.75) is 12.7 Å².